The summed E-state index contributed by atoms with van der Waals surface area (Å²) in [4.78, 5) is 70.2. The third kappa shape index (κ3) is 8.49. The molecule has 14 nitrogen and oxygen atoms in total. The normalized spacial score (nSPS) is 23.7. The summed E-state index contributed by atoms with van der Waals surface area (Å²) in [7, 11) is 1.46. The lowest BCUT2D eigenvalue weighted by Gasteiger charge is -2.46. The topological polar surface area (TPSA) is 177 Å². The zero-order valence-electron chi connectivity index (χ0n) is 38.5. The number of aliphatic hydroxyl groups excluding tert-OH is 1. The largest absolute Gasteiger partial charge is 0.491 e. The summed E-state index contributed by atoms with van der Waals surface area (Å²) in [6.07, 6.45) is 2.67. The molecule has 10 rings (SSSR count). The molecule has 358 valence electrons. The Balaban J connectivity index is 1.27. The van der Waals surface area contributed by atoms with Crippen LogP contribution in [0.2, 0.25) is 0 Å². The maximum absolute atomic E-state index is 16.5. The van der Waals surface area contributed by atoms with E-state index in [1.165, 1.54) is 18.4 Å². The van der Waals surface area contributed by atoms with E-state index in [4.69, 9.17) is 23.9 Å². The van der Waals surface area contributed by atoms with Crippen molar-refractivity contribution in [2.75, 3.05) is 43.8 Å². The van der Waals surface area contributed by atoms with E-state index >= 15 is 14.4 Å². The third-order valence-corrected chi connectivity index (χ3v) is 14.8. The maximum Gasteiger partial charge on any atom is 0.421 e. The van der Waals surface area contributed by atoms with Crippen molar-refractivity contribution < 1.29 is 48.3 Å². The Morgan fingerprint density at radius 2 is 1.54 bits per heavy atom. The highest BCUT2D eigenvalue weighted by Gasteiger charge is 2.76. The number of carbonyl (C=O) groups excluding carboxylic acids is 4. The molecule has 3 amide bonds. The van der Waals surface area contributed by atoms with Crippen LogP contribution in [0.3, 0.4) is 0 Å². The molecule has 3 N–H and O–H groups in total. The predicted molar refractivity (Wildman–Crippen MR) is 262 cm³/mol. The van der Waals surface area contributed by atoms with Crippen molar-refractivity contribution >= 4 is 56.2 Å². The van der Waals surface area contributed by atoms with Gasteiger partial charge in [-0.25, -0.2) is 14.7 Å². The number of aromatic nitrogens is 1. The molecule has 15 heteroatoms. The van der Waals surface area contributed by atoms with E-state index in [0.717, 1.165) is 40.8 Å². The second-order valence-electron chi connectivity index (χ2n) is 18.1. The number of imide groups is 1. The van der Waals surface area contributed by atoms with Gasteiger partial charge in [-0.05, 0) is 90.4 Å². The van der Waals surface area contributed by atoms with Gasteiger partial charge in [0.2, 0.25) is 11.8 Å². The molecule has 4 aliphatic rings. The lowest BCUT2D eigenvalue weighted by atomic mass is 9.65. The molecule has 6 aromatic rings. The van der Waals surface area contributed by atoms with Gasteiger partial charge in [0.25, 0.3) is 0 Å². The average Bonchev–Trinajstić information content (AvgIpc) is 3.95. The predicted octanol–water partition coefficient (Wildman–Crippen LogP) is 8.19. The first kappa shape index (κ1) is 46.8. The number of rotatable bonds is 11. The summed E-state index contributed by atoms with van der Waals surface area (Å²) in [5.41, 5.74) is -0.0716. The van der Waals surface area contributed by atoms with Crippen LogP contribution in [-0.2, 0) is 34.0 Å². The molecular formula is C55H52N4O10S. The number of ether oxygens (including phenoxy) is 4. The van der Waals surface area contributed by atoms with E-state index in [2.05, 4.69) is 17.2 Å². The first-order valence-electron chi connectivity index (χ1n) is 23.6. The number of benzene rings is 5. The van der Waals surface area contributed by atoms with Crippen molar-refractivity contribution in [3.63, 3.8) is 0 Å². The molecular weight excluding hydrogens is 909 g/mol. The number of methoxy groups -OCH3 is 1. The Hall–Kier alpha value is -6.93. The number of cyclic esters (lactones) is 1. The number of anilines is 2. The monoisotopic (exact) mass is 960 g/mol. The minimum absolute atomic E-state index is 0.0366. The number of hydrogen-bond donors (Lipinski definition) is 3. The highest BCUT2D eigenvalue weighted by molar-refractivity contribution is 7.22. The maximum atomic E-state index is 16.5. The second kappa shape index (κ2) is 19.8. The van der Waals surface area contributed by atoms with Gasteiger partial charge in [-0.3, -0.25) is 19.3 Å². The van der Waals surface area contributed by atoms with Gasteiger partial charge < -0.3 is 34.5 Å². The van der Waals surface area contributed by atoms with Crippen LogP contribution < -0.4 is 15.0 Å². The standard InChI is InChI=1S/C55H52N4O10S/c1-66-31-32-68-53(64)58-42-24-23-35(25-28-54(65)26-12-2-3-13-27-54)33-40(42)55(51(58)63)44(49(61)57-52-56-41-21-10-11-22-43(41)70-52)46-50(62)69-47(37-17-8-5-9-18-37)45(36-15-6-4-7-16-36)59(46)48(55)38-19-14-20-39(34-38)67-30-29-60/h4-11,14-24,33-34,44-48,60,65H,2-3,12-13,26-27,29-32H2,1H3,(H,56,57,61). The van der Waals surface area contributed by atoms with Gasteiger partial charge in [0.1, 0.15) is 42.1 Å². The van der Waals surface area contributed by atoms with Crippen molar-refractivity contribution in [1.29, 1.82) is 0 Å². The van der Waals surface area contributed by atoms with E-state index in [1.807, 2.05) is 89.8 Å². The number of carbonyl (C=O) groups is 4. The van der Waals surface area contributed by atoms with Crippen LogP contribution in [0, 0.1) is 17.8 Å². The fraction of sp³-hybridized carbons (Fsp3) is 0.327. The van der Waals surface area contributed by atoms with Gasteiger partial charge >= 0.3 is 12.1 Å². The van der Waals surface area contributed by atoms with E-state index in [1.54, 1.807) is 42.5 Å². The van der Waals surface area contributed by atoms with Crippen molar-refractivity contribution in [2.45, 2.75) is 73.8 Å². The number of aliphatic hydroxyl groups is 2. The quantitative estimate of drug-likeness (QED) is 0.0492. The number of morpholine rings is 1. The minimum atomic E-state index is -2.12. The van der Waals surface area contributed by atoms with Gasteiger partial charge in [0, 0.05) is 12.7 Å². The Morgan fingerprint density at radius 1 is 0.829 bits per heavy atom. The Bertz CT molecular complexity index is 2950. The highest BCUT2D eigenvalue weighted by atomic mass is 32.1. The van der Waals surface area contributed by atoms with Gasteiger partial charge in [0.05, 0.1) is 47.1 Å². The van der Waals surface area contributed by atoms with E-state index in [0.29, 0.717) is 40.8 Å². The first-order valence-corrected chi connectivity index (χ1v) is 24.4. The molecule has 70 heavy (non-hydrogen) atoms. The Kier molecular flexibility index (Phi) is 13.2. The number of para-hydroxylation sites is 1. The van der Waals surface area contributed by atoms with Crippen LogP contribution in [0.5, 0.6) is 5.75 Å². The van der Waals surface area contributed by atoms with Gasteiger partial charge in [0.15, 0.2) is 5.13 Å². The number of amides is 3. The molecule has 6 atom stereocenters. The molecule has 3 aliphatic heterocycles. The fourth-order valence-corrected chi connectivity index (χ4v) is 11.8. The van der Waals surface area contributed by atoms with Crippen LogP contribution in [0.1, 0.15) is 84.5 Å². The summed E-state index contributed by atoms with van der Waals surface area (Å²) in [6.45, 7) is -0.452. The minimum Gasteiger partial charge on any atom is -0.491 e. The van der Waals surface area contributed by atoms with E-state index in [9.17, 15) is 15.0 Å². The van der Waals surface area contributed by atoms with Crippen LogP contribution >= 0.6 is 11.3 Å². The van der Waals surface area contributed by atoms with Crippen molar-refractivity contribution in [1.82, 2.24) is 9.88 Å². The number of hydrogen-bond acceptors (Lipinski definition) is 13. The summed E-state index contributed by atoms with van der Waals surface area (Å²) in [5, 5.41) is 24.8. The van der Waals surface area contributed by atoms with E-state index < -0.39 is 65.0 Å². The number of fused-ring (bicyclic) bond motifs is 4. The number of thiazole rings is 1. The molecule has 1 aliphatic carbocycles. The van der Waals surface area contributed by atoms with Crippen LogP contribution in [0.15, 0.2) is 127 Å². The average molecular weight is 961 g/mol. The summed E-state index contributed by atoms with van der Waals surface area (Å²) in [6, 6.07) is 34.7. The number of nitrogens with one attached hydrogen (secondary N) is 1. The molecule has 5 aromatic carbocycles. The fourth-order valence-electron chi connectivity index (χ4n) is 10.9. The first-order chi connectivity index (χ1) is 34.1. The van der Waals surface area contributed by atoms with Crippen LogP contribution in [0.4, 0.5) is 15.6 Å². The SMILES string of the molecule is COCCOC(=O)N1C(=O)C2(c3cc(C#CC4(O)CCCCCC4)ccc31)C(C(=O)Nc1nc3ccccc3s1)C1C(=O)OC(c3ccccc3)C(c3ccccc3)N1C2c1cccc(OCCO)c1. The van der Waals surface area contributed by atoms with Gasteiger partial charge in [-0.1, -0.05) is 121 Å². The Morgan fingerprint density at radius 3 is 2.27 bits per heavy atom. The molecule has 6 unspecified atom stereocenters. The summed E-state index contributed by atoms with van der Waals surface area (Å²) in [5.74, 6) is 2.82. The lowest BCUT2D eigenvalue weighted by Crippen LogP contribution is -2.54. The highest BCUT2D eigenvalue weighted by Crippen LogP contribution is 2.66. The van der Waals surface area contributed by atoms with Crippen molar-refractivity contribution in [2.24, 2.45) is 5.92 Å². The molecule has 0 radical (unpaired) electrons. The number of esters is 1. The molecule has 1 spiro atoms. The summed E-state index contributed by atoms with van der Waals surface area (Å²) >= 11 is 1.24. The smallest absolute Gasteiger partial charge is 0.421 e. The summed E-state index contributed by atoms with van der Waals surface area (Å²) < 4.78 is 24.4. The van der Waals surface area contributed by atoms with Crippen LogP contribution in [0.25, 0.3) is 10.2 Å². The van der Waals surface area contributed by atoms with Crippen molar-refractivity contribution in [3.05, 3.63) is 155 Å². The number of nitrogens with zero attached hydrogens (tertiary/aromatic N) is 3. The van der Waals surface area contributed by atoms with Crippen molar-refractivity contribution in [3.8, 4) is 17.6 Å². The molecule has 2 saturated heterocycles. The molecule has 1 aromatic heterocycles. The third-order valence-electron chi connectivity index (χ3n) is 13.9. The molecule has 4 heterocycles. The molecule has 1 saturated carbocycles. The lowest BCUT2D eigenvalue weighted by molar-refractivity contribution is -0.177. The van der Waals surface area contributed by atoms with E-state index in [-0.39, 0.29) is 42.8 Å². The van der Waals surface area contributed by atoms with Gasteiger partial charge in [-0.2, -0.15) is 0 Å². The molecule has 3 fully saturated rings. The Labute approximate surface area is 409 Å². The molecule has 0 bridgehead atoms. The second-order valence-corrected chi connectivity index (χ2v) is 19.1. The zero-order valence-corrected chi connectivity index (χ0v) is 39.3. The van der Waals surface area contributed by atoms with Crippen LogP contribution in [-0.4, -0.2) is 89.2 Å². The van der Waals surface area contributed by atoms with Gasteiger partial charge in [-0.15, -0.1) is 0 Å². The zero-order chi connectivity index (χ0) is 48.4.